The van der Waals surface area contributed by atoms with Crippen molar-refractivity contribution in [2.75, 3.05) is 11.9 Å². The van der Waals surface area contributed by atoms with Gasteiger partial charge in [-0.1, -0.05) is 17.7 Å². The van der Waals surface area contributed by atoms with Gasteiger partial charge in [0.2, 0.25) is 0 Å². The number of amides is 1. The molecule has 1 amide bonds. The number of nitrogens with zero attached hydrogens (tertiary/aromatic N) is 1. The lowest BCUT2D eigenvalue weighted by molar-refractivity contribution is 0.143. The zero-order valence-electron chi connectivity index (χ0n) is 7.70. The molecule has 68 valence electrons. The largest absolute Gasteiger partial charge is 0.444 e. The average molecular weight is 177 g/mol. The number of ether oxygens (including phenoxy) is 1. The molecule has 3 nitrogen and oxygen atoms in total. The van der Waals surface area contributed by atoms with E-state index in [1.54, 1.807) is 7.05 Å². The quantitative estimate of drug-likeness (QED) is 0.607. The molecular weight excluding hydrogens is 166 g/mol. The van der Waals surface area contributed by atoms with Gasteiger partial charge in [-0.3, -0.25) is 4.90 Å². The highest BCUT2D eigenvalue weighted by atomic mass is 16.6. The van der Waals surface area contributed by atoms with E-state index in [1.165, 1.54) is 10.5 Å². The third-order valence-corrected chi connectivity index (χ3v) is 2.22. The fraction of sp³-hybridized carbons (Fsp3) is 0.300. The second kappa shape index (κ2) is 2.76. The minimum atomic E-state index is -0.281. The third kappa shape index (κ3) is 1.26. The minimum Gasteiger partial charge on any atom is -0.444 e. The zero-order valence-corrected chi connectivity index (χ0v) is 7.70. The lowest BCUT2D eigenvalue weighted by atomic mass is 10.1. The summed E-state index contributed by atoms with van der Waals surface area (Å²) in [7, 11) is 1.72. The lowest BCUT2D eigenvalue weighted by Gasteiger charge is -2.25. The lowest BCUT2D eigenvalue weighted by Crippen LogP contribution is -2.31. The molecule has 1 heterocycles. The minimum absolute atomic E-state index is 0.281. The number of carbonyl (C=O) groups excluding carboxylic acids is 1. The number of hydrogen-bond acceptors (Lipinski definition) is 2. The number of carbonyl (C=O) groups is 1. The van der Waals surface area contributed by atoms with Crippen LogP contribution >= 0.6 is 0 Å². The number of fused-ring (bicyclic) bond motifs is 1. The molecule has 1 aromatic carbocycles. The van der Waals surface area contributed by atoms with E-state index in [0.717, 1.165) is 11.3 Å². The molecule has 0 N–H and O–H groups in total. The first-order valence-electron chi connectivity index (χ1n) is 4.18. The van der Waals surface area contributed by atoms with Crippen molar-refractivity contribution in [3.63, 3.8) is 0 Å². The molecule has 0 saturated heterocycles. The number of anilines is 1. The second-order valence-electron chi connectivity index (χ2n) is 3.25. The Labute approximate surface area is 76.9 Å². The summed E-state index contributed by atoms with van der Waals surface area (Å²) in [6.45, 7) is 2.41. The Bertz CT molecular complexity index is 360. The summed E-state index contributed by atoms with van der Waals surface area (Å²) >= 11 is 0. The SMILES string of the molecule is Cc1ccc2c(c1)COC(=O)N2C. The number of rotatable bonds is 0. The highest BCUT2D eigenvalue weighted by Gasteiger charge is 2.21. The van der Waals surface area contributed by atoms with E-state index in [9.17, 15) is 4.79 Å². The van der Waals surface area contributed by atoms with Gasteiger partial charge in [0, 0.05) is 12.6 Å². The molecule has 0 aliphatic carbocycles. The van der Waals surface area contributed by atoms with Crippen LogP contribution in [0.15, 0.2) is 18.2 Å². The maximum absolute atomic E-state index is 11.1. The molecule has 0 fully saturated rings. The van der Waals surface area contributed by atoms with Crippen molar-refractivity contribution in [1.82, 2.24) is 0 Å². The predicted octanol–water partition coefficient (Wildman–Crippen LogP) is 2.08. The van der Waals surface area contributed by atoms with E-state index in [0.29, 0.717) is 6.61 Å². The summed E-state index contributed by atoms with van der Waals surface area (Å²) in [5.41, 5.74) is 3.20. The normalized spacial score (nSPS) is 15.2. The molecule has 13 heavy (non-hydrogen) atoms. The number of benzene rings is 1. The summed E-state index contributed by atoms with van der Waals surface area (Å²) in [5.74, 6) is 0. The van der Waals surface area contributed by atoms with Crippen LogP contribution in [0.25, 0.3) is 0 Å². The number of cyclic esters (lactones) is 1. The van der Waals surface area contributed by atoms with Crippen LogP contribution in [-0.4, -0.2) is 13.1 Å². The van der Waals surface area contributed by atoms with Crippen molar-refractivity contribution in [2.24, 2.45) is 0 Å². The molecule has 0 atom stereocenters. The molecule has 1 aromatic rings. The van der Waals surface area contributed by atoms with Crippen LogP contribution < -0.4 is 4.90 Å². The van der Waals surface area contributed by atoms with E-state index >= 15 is 0 Å². The van der Waals surface area contributed by atoms with Gasteiger partial charge < -0.3 is 4.74 Å². The van der Waals surface area contributed by atoms with Gasteiger partial charge in [-0.25, -0.2) is 4.79 Å². The van der Waals surface area contributed by atoms with Crippen LogP contribution in [-0.2, 0) is 11.3 Å². The highest BCUT2D eigenvalue weighted by Crippen LogP contribution is 2.26. The topological polar surface area (TPSA) is 29.5 Å². The number of hydrogen-bond donors (Lipinski definition) is 0. The Morgan fingerprint density at radius 1 is 1.46 bits per heavy atom. The van der Waals surface area contributed by atoms with Crippen LogP contribution in [0.2, 0.25) is 0 Å². The standard InChI is InChI=1S/C10H11NO2/c1-7-3-4-9-8(5-7)6-13-10(12)11(9)2/h3-5H,6H2,1-2H3. The summed E-state index contributed by atoms with van der Waals surface area (Å²) in [6, 6.07) is 5.98. The first-order valence-corrected chi connectivity index (χ1v) is 4.18. The summed E-state index contributed by atoms with van der Waals surface area (Å²) in [6.07, 6.45) is -0.281. The molecule has 0 spiro atoms. The van der Waals surface area contributed by atoms with Crippen LogP contribution in [0.1, 0.15) is 11.1 Å². The van der Waals surface area contributed by atoms with Gasteiger partial charge in [0.15, 0.2) is 0 Å². The zero-order chi connectivity index (χ0) is 9.42. The maximum Gasteiger partial charge on any atom is 0.414 e. The molecule has 0 radical (unpaired) electrons. The van der Waals surface area contributed by atoms with Gasteiger partial charge in [-0.05, 0) is 13.0 Å². The van der Waals surface area contributed by atoms with Crippen molar-refractivity contribution in [3.8, 4) is 0 Å². The van der Waals surface area contributed by atoms with Gasteiger partial charge >= 0.3 is 6.09 Å². The molecule has 1 aliphatic heterocycles. The maximum atomic E-state index is 11.1. The molecule has 0 saturated carbocycles. The molecule has 0 bridgehead atoms. The van der Waals surface area contributed by atoms with E-state index in [1.807, 2.05) is 25.1 Å². The number of aryl methyl sites for hydroxylation is 1. The van der Waals surface area contributed by atoms with Crippen LogP contribution in [0.3, 0.4) is 0 Å². The van der Waals surface area contributed by atoms with Crippen molar-refractivity contribution >= 4 is 11.8 Å². The summed E-state index contributed by atoms with van der Waals surface area (Å²) < 4.78 is 4.96. The van der Waals surface area contributed by atoms with Crippen molar-refractivity contribution in [1.29, 1.82) is 0 Å². The van der Waals surface area contributed by atoms with Gasteiger partial charge in [0.05, 0.1) is 5.69 Å². The fourth-order valence-electron chi connectivity index (χ4n) is 1.49. The Kier molecular flexibility index (Phi) is 1.72. The van der Waals surface area contributed by atoms with Crippen LogP contribution in [0.5, 0.6) is 0 Å². The van der Waals surface area contributed by atoms with E-state index in [-0.39, 0.29) is 6.09 Å². The van der Waals surface area contributed by atoms with Gasteiger partial charge in [0.1, 0.15) is 6.61 Å². The molecule has 1 aliphatic rings. The Hall–Kier alpha value is -1.51. The first kappa shape index (κ1) is 8.10. The Balaban J connectivity index is 2.49. The second-order valence-corrected chi connectivity index (χ2v) is 3.25. The first-order chi connectivity index (χ1) is 6.18. The van der Waals surface area contributed by atoms with Crippen molar-refractivity contribution in [3.05, 3.63) is 29.3 Å². The molecule has 0 aromatic heterocycles. The summed E-state index contributed by atoms with van der Waals surface area (Å²) in [5, 5.41) is 0. The monoisotopic (exact) mass is 177 g/mol. The van der Waals surface area contributed by atoms with Gasteiger partial charge in [0.25, 0.3) is 0 Å². The Morgan fingerprint density at radius 2 is 2.23 bits per heavy atom. The van der Waals surface area contributed by atoms with Gasteiger partial charge in [-0.15, -0.1) is 0 Å². The Morgan fingerprint density at radius 3 is 3.00 bits per heavy atom. The smallest absolute Gasteiger partial charge is 0.414 e. The molecular formula is C10H11NO2. The van der Waals surface area contributed by atoms with Crippen LogP contribution in [0, 0.1) is 6.92 Å². The van der Waals surface area contributed by atoms with Crippen molar-refractivity contribution < 1.29 is 9.53 Å². The van der Waals surface area contributed by atoms with E-state index in [4.69, 9.17) is 4.74 Å². The molecule has 3 heteroatoms. The predicted molar refractivity (Wildman–Crippen MR) is 49.8 cm³/mol. The summed E-state index contributed by atoms with van der Waals surface area (Å²) in [4.78, 5) is 12.7. The van der Waals surface area contributed by atoms with Gasteiger partial charge in [-0.2, -0.15) is 0 Å². The fourth-order valence-corrected chi connectivity index (χ4v) is 1.49. The van der Waals surface area contributed by atoms with E-state index in [2.05, 4.69) is 0 Å². The molecule has 0 unspecified atom stereocenters. The van der Waals surface area contributed by atoms with Crippen molar-refractivity contribution in [2.45, 2.75) is 13.5 Å². The van der Waals surface area contributed by atoms with Crippen LogP contribution in [0.4, 0.5) is 10.5 Å². The molecule has 2 rings (SSSR count). The van der Waals surface area contributed by atoms with E-state index < -0.39 is 0 Å². The highest BCUT2D eigenvalue weighted by molar-refractivity contribution is 5.89. The average Bonchev–Trinajstić information content (AvgIpc) is 2.12. The third-order valence-electron chi connectivity index (χ3n) is 2.22.